The molecule has 0 saturated heterocycles. The minimum Gasteiger partial charge on any atom is -0.436 e. The molecule has 2 aromatic carbocycles. The predicted octanol–water partition coefficient (Wildman–Crippen LogP) is 3.31. The molecule has 1 aromatic heterocycles. The number of rotatable bonds is 3. The van der Waals surface area contributed by atoms with Crippen LogP contribution in [0.5, 0.6) is 0 Å². The molecule has 0 saturated carbocycles. The normalized spacial score (nSPS) is 10.7. The number of nitrogens with zero attached hydrogens (tertiary/aromatic N) is 3. The van der Waals surface area contributed by atoms with Gasteiger partial charge in [0.15, 0.2) is 5.58 Å². The second-order valence-electron chi connectivity index (χ2n) is 4.21. The molecule has 0 N–H and O–H groups in total. The molecule has 8 heteroatoms. The van der Waals surface area contributed by atoms with E-state index in [1.807, 2.05) is 6.07 Å². The van der Waals surface area contributed by atoms with Gasteiger partial charge in [0.05, 0.1) is 22.0 Å². The average Bonchev–Trinajstić information content (AvgIpc) is 2.89. The Labute approximate surface area is 116 Å². The molecule has 8 nitrogen and oxygen atoms in total. The zero-order chi connectivity index (χ0) is 15.0. The number of fused-ring (bicyclic) bond motifs is 1. The Morgan fingerprint density at radius 1 is 0.952 bits per heavy atom. The van der Waals surface area contributed by atoms with E-state index in [1.165, 1.54) is 0 Å². The van der Waals surface area contributed by atoms with Crippen LogP contribution in [-0.2, 0) is 0 Å². The molecular weight excluding hydrogens is 278 g/mol. The quantitative estimate of drug-likeness (QED) is 0.538. The van der Waals surface area contributed by atoms with Crippen LogP contribution in [0.2, 0.25) is 0 Å². The van der Waals surface area contributed by atoms with Crippen molar-refractivity contribution in [3.8, 4) is 11.5 Å². The minimum absolute atomic E-state index is 0.131. The highest BCUT2D eigenvalue weighted by molar-refractivity contribution is 5.83. The molecule has 0 fully saturated rings. The number of aromatic nitrogens is 1. The molecule has 0 aliphatic heterocycles. The third-order valence-corrected chi connectivity index (χ3v) is 2.90. The lowest BCUT2D eigenvalue weighted by atomic mass is 10.2. The molecule has 0 unspecified atom stereocenters. The van der Waals surface area contributed by atoms with Crippen molar-refractivity contribution in [1.29, 1.82) is 0 Å². The maximum Gasteiger partial charge on any atom is 0.349 e. The number of hydrogen-bond acceptors (Lipinski definition) is 6. The fourth-order valence-corrected chi connectivity index (χ4v) is 1.95. The minimum atomic E-state index is -0.817. The topological polar surface area (TPSA) is 112 Å². The molecule has 21 heavy (non-hydrogen) atoms. The predicted molar refractivity (Wildman–Crippen MR) is 72.8 cm³/mol. The fraction of sp³-hybridized carbons (Fsp3) is 0. The zero-order valence-electron chi connectivity index (χ0n) is 10.4. The van der Waals surface area contributed by atoms with Gasteiger partial charge in [-0.2, -0.15) is 0 Å². The fourth-order valence-electron chi connectivity index (χ4n) is 1.95. The van der Waals surface area contributed by atoms with Crippen molar-refractivity contribution in [2.45, 2.75) is 0 Å². The lowest BCUT2D eigenvalue weighted by molar-refractivity contribution is -0.422. The molecule has 0 aliphatic carbocycles. The van der Waals surface area contributed by atoms with Crippen LogP contribution in [0.25, 0.3) is 22.6 Å². The van der Waals surface area contributed by atoms with Gasteiger partial charge in [-0.3, -0.25) is 20.2 Å². The van der Waals surface area contributed by atoms with Crippen LogP contribution in [0, 0.1) is 20.2 Å². The smallest absolute Gasteiger partial charge is 0.349 e. The molecule has 104 valence electrons. The Hall–Kier alpha value is -3.29. The Bertz CT molecular complexity index is 806. The summed E-state index contributed by atoms with van der Waals surface area (Å²) in [5.74, 6) is 0.250. The summed E-state index contributed by atoms with van der Waals surface area (Å²) in [6.45, 7) is 0. The second kappa shape index (κ2) is 4.67. The van der Waals surface area contributed by atoms with Crippen LogP contribution >= 0.6 is 0 Å². The number of nitro groups is 2. The first-order valence-electron chi connectivity index (χ1n) is 5.85. The Morgan fingerprint density at radius 2 is 1.57 bits per heavy atom. The average molecular weight is 285 g/mol. The lowest BCUT2D eigenvalue weighted by Crippen LogP contribution is -1.96. The molecule has 0 amide bonds. The third kappa shape index (κ3) is 2.18. The molecule has 0 aliphatic rings. The highest BCUT2D eigenvalue weighted by atomic mass is 16.6. The molecular formula is C13H7N3O5. The van der Waals surface area contributed by atoms with E-state index in [0.717, 1.165) is 12.1 Å². The van der Waals surface area contributed by atoms with Crippen molar-refractivity contribution in [3.63, 3.8) is 0 Å². The molecule has 1 heterocycles. The summed E-state index contributed by atoms with van der Waals surface area (Å²) in [5, 5.41) is 21.8. The lowest BCUT2D eigenvalue weighted by Gasteiger charge is -1.93. The van der Waals surface area contributed by atoms with E-state index in [2.05, 4.69) is 4.98 Å². The molecule has 3 aromatic rings. The van der Waals surface area contributed by atoms with E-state index in [-0.39, 0.29) is 17.0 Å². The van der Waals surface area contributed by atoms with E-state index in [1.54, 1.807) is 24.3 Å². The van der Waals surface area contributed by atoms with Crippen LogP contribution in [-0.4, -0.2) is 14.8 Å². The largest absolute Gasteiger partial charge is 0.436 e. The molecule has 0 atom stereocenters. The maximum absolute atomic E-state index is 10.9. The number of oxazole rings is 1. The highest BCUT2D eigenvalue weighted by Gasteiger charge is 2.27. The maximum atomic E-state index is 10.9. The summed E-state index contributed by atoms with van der Waals surface area (Å²) in [6, 6.07) is 11.0. The summed E-state index contributed by atoms with van der Waals surface area (Å²) in [4.78, 5) is 24.3. The van der Waals surface area contributed by atoms with Gasteiger partial charge in [-0.05, 0) is 12.1 Å². The third-order valence-electron chi connectivity index (χ3n) is 2.90. The van der Waals surface area contributed by atoms with Crippen LogP contribution in [0.4, 0.5) is 11.4 Å². The van der Waals surface area contributed by atoms with Crippen LogP contribution in [0.1, 0.15) is 0 Å². The van der Waals surface area contributed by atoms with Crippen molar-refractivity contribution >= 4 is 22.5 Å². The van der Waals surface area contributed by atoms with Crippen molar-refractivity contribution in [2.24, 2.45) is 0 Å². The van der Waals surface area contributed by atoms with E-state index < -0.39 is 21.2 Å². The van der Waals surface area contributed by atoms with Gasteiger partial charge in [0.2, 0.25) is 5.89 Å². The summed E-state index contributed by atoms with van der Waals surface area (Å²) in [5.41, 5.74) is -0.222. The Morgan fingerprint density at radius 3 is 2.19 bits per heavy atom. The number of hydrogen-bond donors (Lipinski definition) is 0. The monoisotopic (exact) mass is 285 g/mol. The summed E-state index contributed by atoms with van der Waals surface area (Å²) in [7, 11) is 0. The van der Waals surface area contributed by atoms with Crippen LogP contribution in [0.15, 0.2) is 46.9 Å². The van der Waals surface area contributed by atoms with Crippen molar-refractivity contribution in [1.82, 2.24) is 4.98 Å². The van der Waals surface area contributed by atoms with Gasteiger partial charge >= 0.3 is 11.4 Å². The van der Waals surface area contributed by atoms with Crippen molar-refractivity contribution in [2.75, 3.05) is 0 Å². The molecule has 0 radical (unpaired) electrons. The van der Waals surface area contributed by atoms with Crippen molar-refractivity contribution in [3.05, 3.63) is 62.7 Å². The van der Waals surface area contributed by atoms with E-state index >= 15 is 0 Å². The van der Waals surface area contributed by atoms with Gasteiger partial charge in [-0.15, -0.1) is 0 Å². The second-order valence-corrected chi connectivity index (χ2v) is 4.21. The summed E-state index contributed by atoms with van der Waals surface area (Å²) in [6.07, 6.45) is 0. The number of benzene rings is 2. The van der Waals surface area contributed by atoms with Crippen LogP contribution < -0.4 is 0 Å². The van der Waals surface area contributed by atoms with Gasteiger partial charge in [-0.1, -0.05) is 18.2 Å². The van der Waals surface area contributed by atoms with Gasteiger partial charge in [0, 0.05) is 5.56 Å². The first-order valence-corrected chi connectivity index (χ1v) is 5.85. The van der Waals surface area contributed by atoms with Gasteiger partial charge < -0.3 is 4.42 Å². The van der Waals surface area contributed by atoms with Gasteiger partial charge in [0.1, 0.15) is 5.52 Å². The van der Waals surface area contributed by atoms with E-state index in [4.69, 9.17) is 4.42 Å². The van der Waals surface area contributed by atoms with Crippen molar-refractivity contribution < 1.29 is 14.3 Å². The van der Waals surface area contributed by atoms with E-state index in [9.17, 15) is 20.2 Å². The SMILES string of the molecule is O=[N+]([O-])c1cc2nc(-c3ccccc3)oc2cc1[N+](=O)[O-]. The van der Waals surface area contributed by atoms with Gasteiger partial charge in [0.25, 0.3) is 0 Å². The van der Waals surface area contributed by atoms with Crippen LogP contribution in [0.3, 0.4) is 0 Å². The standard InChI is InChI=1S/C13H7N3O5/c17-15(18)10-6-9-12(7-11(10)16(19)20)21-13(14-9)8-4-2-1-3-5-8/h1-7H. The zero-order valence-corrected chi connectivity index (χ0v) is 10.4. The summed E-state index contributed by atoms with van der Waals surface area (Å²) >= 11 is 0. The Kier molecular flexibility index (Phi) is 2.83. The molecule has 0 bridgehead atoms. The molecule has 3 rings (SSSR count). The Balaban J connectivity index is 2.23. The first-order chi connectivity index (χ1) is 10.1. The molecule has 0 spiro atoms. The van der Waals surface area contributed by atoms with E-state index in [0.29, 0.717) is 5.56 Å². The summed E-state index contributed by atoms with van der Waals surface area (Å²) < 4.78 is 5.44. The first kappa shape index (κ1) is 12.7. The number of nitro benzene ring substituents is 2. The highest BCUT2D eigenvalue weighted by Crippen LogP contribution is 2.33. The van der Waals surface area contributed by atoms with Gasteiger partial charge in [-0.25, -0.2) is 4.98 Å².